The van der Waals surface area contributed by atoms with E-state index in [0.717, 1.165) is 52.8 Å². The zero-order valence-electron chi connectivity index (χ0n) is 21.4. The maximum atomic E-state index is 13.5. The summed E-state index contributed by atoms with van der Waals surface area (Å²) in [5.41, 5.74) is 10.6. The molecule has 3 aliphatic rings. The predicted molar refractivity (Wildman–Crippen MR) is 146 cm³/mol. The van der Waals surface area contributed by atoms with Gasteiger partial charge in [0.1, 0.15) is 11.8 Å². The number of benzene rings is 3. The largest absolute Gasteiger partial charge is 0.454 e. The highest BCUT2D eigenvalue weighted by molar-refractivity contribution is 5.98. The molecule has 3 aromatic rings. The van der Waals surface area contributed by atoms with Crippen molar-refractivity contribution in [3.05, 3.63) is 82.9 Å². The fourth-order valence-corrected chi connectivity index (χ4v) is 5.76. The number of carbonyl (C=O) groups is 3. The van der Waals surface area contributed by atoms with Crippen molar-refractivity contribution in [2.45, 2.75) is 50.5 Å². The van der Waals surface area contributed by atoms with Crippen molar-refractivity contribution in [2.24, 2.45) is 5.73 Å². The number of rotatable bonds is 7. The second kappa shape index (κ2) is 9.31. The Kier molecular flexibility index (Phi) is 5.94. The Morgan fingerprint density at radius 2 is 1.76 bits per heavy atom. The molecule has 7 heteroatoms. The van der Waals surface area contributed by atoms with Crippen LogP contribution in [0, 0.1) is 6.92 Å². The minimum atomic E-state index is -0.536. The van der Waals surface area contributed by atoms with Crippen molar-refractivity contribution in [2.75, 3.05) is 13.3 Å². The van der Waals surface area contributed by atoms with Crippen LogP contribution in [-0.2, 0) is 21.4 Å². The van der Waals surface area contributed by atoms with E-state index < -0.39 is 17.4 Å². The summed E-state index contributed by atoms with van der Waals surface area (Å²) in [6.45, 7) is 2.79. The van der Waals surface area contributed by atoms with Crippen LogP contribution < -0.4 is 15.2 Å². The first-order valence-corrected chi connectivity index (χ1v) is 13.1. The number of primary amides is 1. The number of nitrogens with two attached hydrogens (primary N) is 1. The van der Waals surface area contributed by atoms with Gasteiger partial charge in [-0.05, 0) is 84.7 Å². The summed E-state index contributed by atoms with van der Waals surface area (Å²) in [6, 6.07) is 18.8. The van der Waals surface area contributed by atoms with Gasteiger partial charge in [-0.25, -0.2) is 0 Å². The Morgan fingerprint density at radius 1 is 1.00 bits per heavy atom. The highest BCUT2D eigenvalue weighted by atomic mass is 16.7. The SMILES string of the molecule is Cc1ccc(CC(=O)C2(c3ccc4c(c3)OCO4)CC2)cc1-c1ccc(C(=O)N2CCC[C@H]2C(N)=O)cc1.[HH].[HH]. The Hall–Kier alpha value is -4.13. The molecule has 38 heavy (non-hydrogen) atoms. The minimum Gasteiger partial charge on any atom is -0.454 e. The number of hydrogen-bond donors (Lipinski definition) is 1. The molecular formula is C31H34N2O5. The molecule has 2 N–H and O–H groups in total. The van der Waals surface area contributed by atoms with Crippen molar-refractivity contribution in [1.82, 2.24) is 4.90 Å². The van der Waals surface area contributed by atoms with Gasteiger partial charge in [0, 0.05) is 21.4 Å². The zero-order valence-corrected chi connectivity index (χ0v) is 21.4. The number of ketones is 1. The van der Waals surface area contributed by atoms with E-state index in [4.69, 9.17) is 15.2 Å². The molecule has 1 atom stereocenters. The summed E-state index contributed by atoms with van der Waals surface area (Å²) in [7, 11) is 0. The van der Waals surface area contributed by atoms with Crippen molar-refractivity contribution in [1.29, 1.82) is 0 Å². The number of hydrogen-bond acceptors (Lipinski definition) is 5. The number of likely N-dealkylation sites (tertiary alicyclic amines) is 1. The van der Waals surface area contributed by atoms with Gasteiger partial charge < -0.3 is 20.1 Å². The smallest absolute Gasteiger partial charge is 0.254 e. The lowest BCUT2D eigenvalue weighted by Crippen LogP contribution is -2.43. The molecule has 3 aromatic carbocycles. The number of carbonyl (C=O) groups excluding carboxylic acids is 3. The van der Waals surface area contributed by atoms with E-state index in [9.17, 15) is 14.4 Å². The first kappa shape index (κ1) is 24.2. The summed E-state index contributed by atoms with van der Waals surface area (Å²) < 4.78 is 11.0. The second-order valence-electron chi connectivity index (χ2n) is 10.5. The van der Waals surface area contributed by atoms with Gasteiger partial charge in [0.15, 0.2) is 11.5 Å². The molecule has 198 valence electrons. The fraction of sp³-hybridized carbons (Fsp3) is 0.323. The molecule has 0 spiro atoms. The summed E-state index contributed by atoms with van der Waals surface area (Å²) >= 11 is 0. The highest BCUT2D eigenvalue weighted by Gasteiger charge is 2.50. The molecule has 2 aliphatic heterocycles. The van der Waals surface area contributed by atoms with Crippen LogP contribution in [-0.4, -0.2) is 41.9 Å². The Balaban J connectivity index is 0.00000185. The molecule has 1 saturated heterocycles. The number of nitrogens with zero attached hydrogens (tertiary/aromatic N) is 1. The molecule has 2 heterocycles. The van der Waals surface area contributed by atoms with E-state index in [-0.39, 0.29) is 21.3 Å². The van der Waals surface area contributed by atoms with Gasteiger partial charge in [0.25, 0.3) is 5.91 Å². The van der Waals surface area contributed by atoms with Crippen LogP contribution in [0.15, 0.2) is 60.7 Å². The molecule has 7 nitrogen and oxygen atoms in total. The van der Waals surface area contributed by atoms with Crippen LogP contribution in [0.1, 0.15) is 55.6 Å². The average Bonchev–Trinajstić information content (AvgIpc) is 3.35. The zero-order chi connectivity index (χ0) is 26.4. The van der Waals surface area contributed by atoms with E-state index in [0.29, 0.717) is 30.7 Å². The third-order valence-corrected chi connectivity index (χ3v) is 8.16. The topological polar surface area (TPSA) is 98.9 Å². The van der Waals surface area contributed by atoms with Crippen molar-refractivity contribution >= 4 is 17.6 Å². The number of ether oxygens (including phenoxy) is 2. The van der Waals surface area contributed by atoms with Gasteiger partial charge in [-0.2, -0.15) is 0 Å². The van der Waals surface area contributed by atoms with Crippen molar-refractivity contribution < 1.29 is 26.7 Å². The summed E-state index contributed by atoms with van der Waals surface area (Å²) in [6.07, 6.45) is 3.42. The van der Waals surface area contributed by atoms with Crippen LogP contribution in [0.3, 0.4) is 0 Å². The summed E-state index contributed by atoms with van der Waals surface area (Å²) in [4.78, 5) is 39.8. The van der Waals surface area contributed by atoms with Crippen LogP contribution in [0.4, 0.5) is 0 Å². The lowest BCUT2D eigenvalue weighted by atomic mass is 9.87. The number of aryl methyl sites for hydroxylation is 1. The Labute approximate surface area is 224 Å². The van der Waals surface area contributed by atoms with E-state index in [1.54, 1.807) is 17.0 Å². The molecule has 0 bridgehead atoms. The predicted octanol–water partition coefficient (Wildman–Crippen LogP) is 4.82. The molecule has 1 aliphatic carbocycles. The third-order valence-electron chi connectivity index (χ3n) is 8.16. The molecule has 0 radical (unpaired) electrons. The van der Waals surface area contributed by atoms with Gasteiger partial charge in [0.2, 0.25) is 12.7 Å². The van der Waals surface area contributed by atoms with E-state index >= 15 is 0 Å². The average molecular weight is 515 g/mol. The Bertz CT molecular complexity index is 1450. The first-order valence-electron chi connectivity index (χ1n) is 13.1. The summed E-state index contributed by atoms with van der Waals surface area (Å²) in [5, 5.41) is 0. The van der Waals surface area contributed by atoms with E-state index in [1.165, 1.54) is 0 Å². The van der Waals surface area contributed by atoms with Gasteiger partial charge in [-0.15, -0.1) is 0 Å². The van der Waals surface area contributed by atoms with Gasteiger partial charge in [0.05, 0.1) is 5.41 Å². The third kappa shape index (κ3) is 4.22. The first-order chi connectivity index (χ1) is 18.4. The quantitative estimate of drug-likeness (QED) is 0.488. The summed E-state index contributed by atoms with van der Waals surface area (Å²) in [5.74, 6) is 1.01. The molecule has 2 fully saturated rings. The highest BCUT2D eigenvalue weighted by Crippen LogP contribution is 2.51. The maximum Gasteiger partial charge on any atom is 0.254 e. The van der Waals surface area contributed by atoms with Crippen LogP contribution in [0.2, 0.25) is 0 Å². The number of amides is 2. The lowest BCUT2D eigenvalue weighted by Gasteiger charge is -2.22. The number of fused-ring (bicyclic) bond motifs is 1. The van der Waals surface area contributed by atoms with E-state index in [2.05, 4.69) is 6.07 Å². The Morgan fingerprint density at radius 3 is 2.50 bits per heavy atom. The van der Waals surface area contributed by atoms with Crippen molar-refractivity contribution in [3.8, 4) is 22.6 Å². The standard InChI is InChI=1S/C31H30N2O5.2H2/c1-19-4-5-20(16-28(34)31(12-13-31)23-10-11-26-27(17-23)38-18-37-26)15-24(19)21-6-8-22(9-7-21)30(36)33-14-2-3-25(33)29(32)35;;/h4-11,15,17,25H,2-3,12-14,16,18H2,1H3,(H2,32,35);2*1H/t25-;;/m0../s1. The molecule has 0 unspecified atom stereocenters. The number of Topliss-reactive ketones (excluding diaryl/α,β-unsaturated/α-hetero) is 1. The molecule has 1 saturated carbocycles. The molecule has 6 rings (SSSR count). The fourth-order valence-electron chi connectivity index (χ4n) is 5.76. The van der Waals surface area contributed by atoms with E-state index in [1.807, 2.05) is 49.4 Å². The maximum absolute atomic E-state index is 13.5. The monoisotopic (exact) mass is 514 g/mol. The lowest BCUT2D eigenvalue weighted by molar-refractivity contribution is -0.122. The molecule has 0 aromatic heterocycles. The molecular weight excluding hydrogens is 480 g/mol. The second-order valence-corrected chi connectivity index (χ2v) is 10.5. The van der Waals surface area contributed by atoms with Crippen LogP contribution in [0.5, 0.6) is 11.5 Å². The van der Waals surface area contributed by atoms with Gasteiger partial charge in [-0.3, -0.25) is 14.4 Å². The van der Waals surface area contributed by atoms with Crippen molar-refractivity contribution in [3.63, 3.8) is 0 Å². The van der Waals surface area contributed by atoms with Crippen LogP contribution >= 0.6 is 0 Å². The molecule has 2 amide bonds. The van der Waals surface area contributed by atoms with Gasteiger partial charge in [-0.1, -0.05) is 36.4 Å². The normalized spacial score (nSPS) is 18.9. The van der Waals surface area contributed by atoms with Crippen LogP contribution in [0.25, 0.3) is 11.1 Å². The minimum absolute atomic E-state index is 0. The van der Waals surface area contributed by atoms with Gasteiger partial charge >= 0.3 is 0 Å².